The molecule has 1 heterocycles. The summed E-state index contributed by atoms with van der Waals surface area (Å²) in [7, 11) is 0. The highest BCUT2D eigenvalue weighted by Crippen LogP contribution is 2.28. The first-order valence-corrected chi connectivity index (χ1v) is 4.58. The average Bonchev–Trinajstić information content (AvgIpc) is 2.51. The first-order chi connectivity index (χ1) is 6.18. The molecule has 0 aliphatic heterocycles. The highest BCUT2D eigenvalue weighted by Gasteiger charge is 2.11. The first kappa shape index (κ1) is 8.40. The summed E-state index contributed by atoms with van der Waals surface area (Å²) in [4.78, 5) is 9.98. The standard InChI is InChI=1S/C7H3ClN2O2S/c8-6-2-5(10(11)12)1-4-3-13-9-7(4)6/h1-3H. The molecule has 66 valence electrons. The van der Waals surface area contributed by atoms with E-state index in [0.717, 1.165) is 0 Å². The molecule has 0 saturated carbocycles. The number of hydrogen-bond donors (Lipinski definition) is 0. The Morgan fingerprint density at radius 2 is 2.31 bits per heavy atom. The summed E-state index contributed by atoms with van der Waals surface area (Å²) in [5, 5.41) is 13.2. The highest BCUT2D eigenvalue weighted by atomic mass is 35.5. The summed E-state index contributed by atoms with van der Waals surface area (Å²) >= 11 is 7.02. The molecule has 0 aliphatic carbocycles. The van der Waals surface area contributed by atoms with Crippen LogP contribution in [0.25, 0.3) is 10.9 Å². The van der Waals surface area contributed by atoms with E-state index in [-0.39, 0.29) is 5.69 Å². The lowest BCUT2D eigenvalue weighted by Gasteiger charge is -1.93. The van der Waals surface area contributed by atoms with Gasteiger partial charge in [0.05, 0.1) is 9.95 Å². The van der Waals surface area contributed by atoms with Crippen LogP contribution in [0.5, 0.6) is 0 Å². The van der Waals surface area contributed by atoms with Gasteiger partial charge in [0.2, 0.25) is 0 Å². The second kappa shape index (κ2) is 2.93. The van der Waals surface area contributed by atoms with Gasteiger partial charge in [-0.15, -0.1) is 0 Å². The van der Waals surface area contributed by atoms with Gasteiger partial charge in [-0.1, -0.05) is 11.6 Å². The first-order valence-electron chi connectivity index (χ1n) is 3.36. The maximum Gasteiger partial charge on any atom is 0.271 e. The number of hydrogen-bond acceptors (Lipinski definition) is 4. The van der Waals surface area contributed by atoms with Gasteiger partial charge in [-0.25, -0.2) is 0 Å². The molecule has 6 heteroatoms. The summed E-state index contributed by atoms with van der Waals surface area (Å²) in [5.74, 6) is 0. The van der Waals surface area contributed by atoms with Gasteiger partial charge in [0, 0.05) is 22.9 Å². The van der Waals surface area contributed by atoms with Crippen LogP contribution in [0.4, 0.5) is 5.69 Å². The minimum absolute atomic E-state index is 0.00213. The third kappa shape index (κ3) is 1.36. The van der Waals surface area contributed by atoms with E-state index in [1.807, 2.05) is 0 Å². The number of halogens is 1. The number of aromatic nitrogens is 1. The van der Waals surface area contributed by atoms with Crippen LogP contribution in [0, 0.1) is 10.1 Å². The van der Waals surface area contributed by atoms with Gasteiger partial charge in [-0.2, -0.15) is 4.37 Å². The maximum atomic E-state index is 10.4. The van der Waals surface area contributed by atoms with Crippen LogP contribution >= 0.6 is 23.1 Å². The maximum absolute atomic E-state index is 10.4. The van der Waals surface area contributed by atoms with Crippen molar-refractivity contribution in [1.82, 2.24) is 4.37 Å². The van der Waals surface area contributed by atoms with E-state index in [1.54, 1.807) is 5.38 Å². The van der Waals surface area contributed by atoms with E-state index in [0.29, 0.717) is 15.9 Å². The van der Waals surface area contributed by atoms with Gasteiger partial charge in [0.25, 0.3) is 5.69 Å². The van der Waals surface area contributed by atoms with Crippen LogP contribution in [0.1, 0.15) is 0 Å². The third-order valence-electron chi connectivity index (χ3n) is 1.61. The van der Waals surface area contributed by atoms with E-state index in [1.165, 1.54) is 23.7 Å². The van der Waals surface area contributed by atoms with Crippen LogP contribution in [0.2, 0.25) is 5.02 Å². The van der Waals surface area contributed by atoms with Gasteiger partial charge >= 0.3 is 0 Å². The fraction of sp³-hybridized carbons (Fsp3) is 0. The molecule has 0 unspecified atom stereocenters. The lowest BCUT2D eigenvalue weighted by molar-refractivity contribution is -0.384. The van der Waals surface area contributed by atoms with Crippen molar-refractivity contribution < 1.29 is 4.92 Å². The van der Waals surface area contributed by atoms with Crippen molar-refractivity contribution in [2.75, 3.05) is 0 Å². The summed E-state index contributed by atoms with van der Waals surface area (Å²) < 4.78 is 4.01. The number of nitro groups is 1. The quantitative estimate of drug-likeness (QED) is 0.542. The molecule has 1 aromatic heterocycles. The van der Waals surface area contributed by atoms with Crippen LogP contribution in [-0.4, -0.2) is 9.30 Å². The Labute approximate surface area is 82.1 Å². The van der Waals surface area contributed by atoms with Gasteiger partial charge < -0.3 is 0 Å². The summed E-state index contributed by atoms with van der Waals surface area (Å²) in [6.45, 7) is 0. The van der Waals surface area contributed by atoms with E-state index in [2.05, 4.69) is 4.37 Å². The molecule has 0 bridgehead atoms. The zero-order valence-electron chi connectivity index (χ0n) is 6.23. The number of benzene rings is 1. The van der Waals surface area contributed by atoms with Crippen molar-refractivity contribution in [2.45, 2.75) is 0 Å². The van der Waals surface area contributed by atoms with Gasteiger partial charge in [0.1, 0.15) is 5.52 Å². The molecule has 0 atom stereocenters. The van der Waals surface area contributed by atoms with Crippen molar-refractivity contribution in [3.05, 3.63) is 32.6 Å². The molecule has 0 radical (unpaired) electrons. The molecule has 0 amide bonds. The molecule has 1 aromatic carbocycles. The van der Waals surface area contributed by atoms with E-state index in [9.17, 15) is 10.1 Å². The number of nitrogens with zero attached hydrogens (tertiary/aromatic N) is 2. The number of rotatable bonds is 1. The minimum atomic E-state index is -0.469. The average molecular weight is 215 g/mol. The van der Waals surface area contributed by atoms with Gasteiger partial charge in [0.15, 0.2) is 0 Å². The zero-order valence-corrected chi connectivity index (χ0v) is 7.80. The van der Waals surface area contributed by atoms with Gasteiger partial charge in [-0.3, -0.25) is 10.1 Å². The SMILES string of the molecule is O=[N+]([O-])c1cc(Cl)c2nscc2c1. The van der Waals surface area contributed by atoms with E-state index < -0.39 is 4.92 Å². The zero-order chi connectivity index (χ0) is 9.42. The molecule has 0 aliphatic rings. The summed E-state index contributed by atoms with van der Waals surface area (Å²) in [6.07, 6.45) is 0. The Kier molecular flexibility index (Phi) is 1.90. The normalized spacial score (nSPS) is 10.5. The number of fused-ring (bicyclic) bond motifs is 1. The molecule has 0 fully saturated rings. The molecule has 0 saturated heterocycles. The molecule has 0 N–H and O–H groups in total. The summed E-state index contributed by atoms with van der Waals surface area (Å²) in [5.41, 5.74) is 0.620. The Morgan fingerprint density at radius 3 is 3.00 bits per heavy atom. The second-order valence-corrected chi connectivity index (χ2v) is 3.47. The van der Waals surface area contributed by atoms with Crippen molar-refractivity contribution in [3.8, 4) is 0 Å². The molecular formula is C7H3ClN2O2S. The summed E-state index contributed by atoms with van der Waals surface area (Å²) in [6, 6.07) is 2.77. The Bertz CT molecular complexity index is 482. The lowest BCUT2D eigenvalue weighted by atomic mass is 10.2. The molecular weight excluding hydrogens is 212 g/mol. The fourth-order valence-corrected chi connectivity index (χ4v) is 2.00. The van der Waals surface area contributed by atoms with Crippen LogP contribution in [-0.2, 0) is 0 Å². The molecule has 2 rings (SSSR count). The molecule has 13 heavy (non-hydrogen) atoms. The smallest absolute Gasteiger partial charge is 0.258 e. The topological polar surface area (TPSA) is 56.0 Å². The van der Waals surface area contributed by atoms with E-state index in [4.69, 9.17) is 11.6 Å². The third-order valence-corrected chi connectivity index (χ3v) is 2.55. The highest BCUT2D eigenvalue weighted by molar-refractivity contribution is 7.04. The number of nitro benzene ring substituents is 1. The monoisotopic (exact) mass is 214 g/mol. The largest absolute Gasteiger partial charge is 0.271 e. The van der Waals surface area contributed by atoms with Crippen molar-refractivity contribution in [3.63, 3.8) is 0 Å². The fourth-order valence-electron chi connectivity index (χ4n) is 1.03. The Morgan fingerprint density at radius 1 is 1.54 bits per heavy atom. The molecule has 2 aromatic rings. The minimum Gasteiger partial charge on any atom is -0.258 e. The lowest BCUT2D eigenvalue weighted by Crippen LogP contribution is -1.87. The van der Waals surface area contributed by atoms with Gasteiger partial charge in [-0.05, 0) is 11.5 Å². The Hall–Kier alpha value is -1.20. The number of non-ortho nitro benzene ring substituents is 1. The van der Waals surface area contributed by atoms with Crippen molar-refractivity contribution in [2.24, 2.45) is 0 Å². The second-order valence-electron chi connectivity index (χ2n) is 2.44. The molecule has 4 nitrogen and oxygen atoms in total. The predicted octanol–water partition coefficient (Wildman–Crippen LogP) is 2.86. The van der Waals surface area contributed by atoms with Crippen LogP contribution in [0.3, 0.4) is 0 Å². The van der Waals surface area contributed by atoms with Crippen LogP contribution in [0.15, 0.2) is 17.5 Å². The van der Waals surface area contributed by atoms with E-state index >= 15 is 0 Å². The Balaban J connectivity index is 2.77. The molecule has 0 spiro atoms. The van der Waals surface area contributed by atoms with Crippen molar-refractivity contribution in [1.29, 1.82) is 0 Å². The van der Waals surface area contributed by atoms with Crippen molar-refractivity contribution >= 4 is 39.7 Å². The predicted molar refractivity (Wildman–Crippen MR) is 51.3 cm³/mol. The van der Waals surface area contributed by atoms with Crippen LogP contribution < -0.4 is 0 Å².